The lowest BCUT2D eigenvalue weighted by Gasteiger charge is -2.22. The van der Waals surface area contributed by atoms with E-state index in [0.29, 0.717) is 12.6 Å². The quantitative estimate of drug-likeness (QED) is 0.710. The number of aryl methyl sites for hydroxylation is 1. The minimum Gasteiger partial charge on any atom is -0.296 e. The average Bonchev–Trinajstić information content (AvgIpc) is 2.28. The van der Waals surface area contributed by atoms with Crippen LogP contribution >= 0.6 is 0 Å². The molecule has 0 aliphatic carbocycles. The molecule has 1 atom stereocenters. The van der Waals surface area contributed by atoms with E-state index < -0.39 is 0 Å². The van der Waals surface area contributed by atoms with E-state index >= 15 is 0 Å². The zero-order valence-electron chi connectivity index (χ0n) is 10.7. The Kier molecular flexibility index (Phi) is 4.69. The van der Waals surface area contributed by atoms with Crippen molar-refractivity contribution < 1.29 is 4.79 Å². The molecule has 0 heterocycles. The van der Waals surface area contributed by atoms with E-state index in [-0.39, 0.29) is 5.78 Å². The maximum Gasteiger partial charge on any atom is 0.177 e. The van der Waals surface area contributed by atoms with Crippen molar-refractivity contribution in [3.8, 4) is 0 Å². The van der Waals surface area contributed by atoms with Crippen LogP contribution in [0.25, 0.3) is 0 Å². The van der Waals surface area contributed by atoms with E-state index in [4.69, 9.17) is 0 Å². The van der Waals surface area contributed by atoms with Gasteiger partial charge < -0.3 is 0 Å². The third-order valence-electron chi connectivity index (χ3n) is 3.18. The van der Waals surface area contributed by atoms with Gasteiger partial charge in [-0.15, -0.1) is 0 Å². The molecule has 0 N–H and O–H groups in total. The Labute approximate surface area is 98.3 Å². The highest BCUT2D eigenvalue weighted by Gasteiger charge is 2.14. The van der Waals surface area contributed by atoms with Crippen molar-refractivity contribution in [2.24, 2.45) is 0 Å². The van der Waals surface area contributed by atoms with Crippen LogP contribution in [0.4, 0.5) is 0 Å². The van der Waals surface area contributed by atoms with Gasteiger partial charge in [-0.2, -0.15) is 0 Å². The monoisotopic (exact) mass is 219 g/mol. The van der Waals surface area contributed by atoms with Gasteiger partial charge in [-0.05, 0) is 32.9 Å². The maximum atomic E-state index is 12.1. The number of nitrogens with zero attached hydrogens (tertiary/aromatic N) is 1. The molecule has 1 aromatic rings. The van der Waals surface area contributed by atoms with Crippen LogP contribution < -0.4 is 0 Å². The number of hydrogen-bond acceptors (Lipinski definition) is 2. The Morgan fingerprint density at radius 1 is 1.38 bits per heavy atom. The summed E-state index contributed by atoms with van der Waals surface area (Å²) in [5.41, 5.74) is 1.91. The average molecular weight is 219 g/mol. The number of Topliss-reactive ketones (excluding diaryl/α,β-unsaturated/α-hetero) is 1. The first-order chi connectivity index (χ1) is 7.56. The summed E-state index contributed by atoms with van der Waals surface area (Å²) < 4.78 is 0. The minimum absolute atomic E-state index is 0.209. The van der Waals surface area contributed by atoms with Crippen LogP contribution in [0.5, 0.6) is 0 Å². The molecule has 0 fully saturated rings. The molecule has 0 aliphatic rings. The molecule has 88 valence electrons. The highest BCUT2D eigenvalue weighted by atomic mass is 16.1. The van der Waals surface area contributed by atoms with Gasteiger partial charge in [0.25, 0.3) is 0 Å². The van der Waals surface area contributed by atoms with Crippen molar-refractivity contribution >= 4 is 5.78 Å². The Hall–Kier alpha value is -1.15. The van der Waals surface area contributed by atoms with Gasteiger partial charge in [0, 0.05) is 11.6 Å². The number of carbonyl (C=O) groups is 1. The molecule has 1 unspecified atom stereocenters. The molecule has 2 heteroatoms. The van der Waals surface area contributed by atoms with E-state index in [1.165, 1.54) is 0 Å². The second-order valence-electron chi connectivity index (χ2n) is 4.41. The number of carbonyl (C=O) groups excluding carboxylic acids is 1. The summed E-state index contributed by atoms with van der Waals surface area (Å²) in [7, 11) is 2.00. The fourth-order valence-corrected chi connectivity index (χ4v) is 1.66. The third kappa shape index (κ3) is 3.17. The van der Waals surface area contributed by atoms with Crippen molar-refractivity contribution in [3.05, 3.63) is 35.4 Å². The molecular formula is C14H21NO. The zero-order valence-corrected chi connectivity index (χ0v) is 10.7. The van der Waals surface area contributed by atoms with Crippen molar-refractivity contribution in [2.75, 3.05) is 13.6 Å². The Bertz CT molecular complexity index is 360. The van der Waals surface area contributed by atoms with Crippen LogP contribution in [-0.2, 0) is 0 Å². The maximum absolute atomic E-state index is 12.1. The van der Waals surface area contributed by atoms with Gasteiger partial charge in [-0.25, -0.2) is 0 Å². The van der Waals surface area contributed by atoms with Crippen LogP contribution in [0, 0.1) is 6.92 Å². The standard InChI is InChI=1S/C14H21NO/c1-5-12(3)15(4)10-14(16)13-9-7-6-8-11(13)2/h6-9,12H,5,10H2,1-4H3. The number of hydrogen-bond donors (Lipinski definition) is 0. The highest BCUT2D eigenvalue weighted by molar-refractivity contribution is 5.98. The van der Waals surface area contributed by atoms with Crippen molar-refractivity contribution in [1.29, 1.82) is 0 Å². The van der Waals surface area contributed by atoms with Crippen LogP contribution in [0.15, 0.2) is 24.3 Å². The molecule has 0 saturated heterocycles. The summed E-state index contributed by atoms with van der Waals surface area (Å²) in [6.07, 6.45) is 1.07. The van der Waals surface area contributed by atoms with Crippen LogP contribution in [0.1, 0.15) is 36.2 Å². The van der Waals surface area contributed by atoms with E-state index in [1.54, 1.807) is 0 Å². The van der Waals surface area contributed by atoms with Crippen molar-refractivity contribution in [2.45, 2.75) is 33.2 Å². The molecule has 2 nitrogen and oxygen atoms in total. The molecule has 0 aliphatic heterocycles. The first-order valence-corrected chi connectivity index (χ1v) is 5.85. The molecule has 0 bridgehead atoms. The molecule has 16 heavy (non-hydrogen) atoms. The second-order valence-corrected chi connectivity index (χ2v) is 4.41. The van der Waals surface area contributed by atoms with Gasteiger partial charge in [0.05, 0.1) is 6.54 Å². The molecule has 0 aromatic heterocycles. The molecular weight excluding hydrogens is 198 g/mol. The van der Waals surface area contributed by atoms with Gasteiger partial charge in [-0.1, -0.05) is 31.2 Å². The molecule has 0 radical (unpaired) electrons. The predicted molar refractivity (Wildman–Crippen MR) is 67.9 cm³/mol. The van der Waals surface area contributed by atoms with Gasteiger partial charge in [0.15, 0.2) is 5.78 Å². The normalized spacial score (nSPS) is 12.8. The largest absolute Gasteiger partial charge is 0.296 e. The summed E-state index contributed by atoms with van der Waals surface area (Å²) in [5.74, 6) is 0.209. The smallest absolute Gasteiger partial charge is 0.177 e. The van der Waals surface area contributed by atoms with Crippen LogP contribution in [0.2, 0.25) is 0 Å². The molecule has 0 amide bonds. The Morgan fingerprint density at radius 2 is 2.00 bits per heavy atom. The first-order valence-electron chi connectivity index (χ1n) is 5.85. The van der Waals surface area contributed by atoms with Gasteiger partial charge >= 0.3 is 0 Å². The Morgan fingerprint density at radius 3 is 2.56 bits per heavy atom. The predicted octanol–water partition coefficient (Wildman–Crippen LogP) is 2.91. The zero-order chi connectivity index (χ0) is 12.1. The SMILES string of the molecule is CCC(C)N(C)CC(=O)c1ccccc1C. The molecule has 1 aromatic carbocycles. The van der Waals surface area contributed by atoms with Gasteiger partial charge in [0.1, 0.15) is 0 Å². The van der Waals surface area contributed by atoms with E-state index in [1.807, 2.05) is 38.2 Å². The summed E-state index contributed by atoms with van der Waals surface area (Å²) in [5, 5.41) is 0. The number of benzene rings is 1. The molecule has 0 spiro atoms. The highest BCUT2D eigenvalue weighted by Crippen LogP contribution is 2.09. The summed E-state index contributed by atoms with van der Waals surface area (Å²) in [4.78, 5) is 14.2. The lowest BCUT2D eigenvalue weighted by Crippen LogP contribution is -2.33. The van der Waals surface area contributed by atoms with Crippen molar-refractivity contribution in [1.82, 2.24) is 4.90 Å². The minimum atomic E-state index is 0.209. The van der Waals surface area contributed by atoms with E-state index in [0.717, 1.165) is 17.5 Å². The Balaban J connectivity index is 2.70. The summed E-state index contributed by atoms with van der Waals surface area (Å²) in [6.45, 7) is 6.76. The lowest BCUT2D eigenvalue weighted by atomic mass is 10.0. The fourth-order valence-electron chi connectivity index (χ4n) is 1.66. The third-order valence-corrected chi connectivity index (χ3v) is 3.18. The summed E-state index contributed by atoms with van der Waals surface area (Å²) >= 11 is 0. The lowest BCUT2D eigenvalue weighted by molar-refractivity contribution is 0.0923. The van der Waals surface area contributed by atoms with E-state index in [9.17, 15) is 4.79 Å². The number of rotatable bonds is 5. The first kappa shape index (κ1) is 12.9. The topological polar surface area (TPSA) is 20.3 Å². The second kappa shape index (κ2) is 5.80. The van der Waals surface area contributed by atoms with Gasteiger partial charge in [0.2, 0.25) is 0 Å². The number of ketones is 1. The number of likely N-dealkylation sites (N-methyl/N-ethyl adjacent to an activating group) is 1. The summed E-state index contributed by atoms with van der Waals surface area (Å²) in [6, 6.07) is 8.22. The van der Waals surface area contributed by atoms with Crippen molar-refractivity contribution in [3.63, 3.8) is 0 Å². The van der Waals surface area contributed by atoms with E-state index in [2.05, 4.69) is 18.7 Å². The van der Waals surface area contributed by atoms with Crippen LogP contribution in [0.3, 0.4) is 0 Å². The molecule has 0 saturated carbocycles. The molecule has 1 rings (SSSR count). The van der Waals surface area contributed by atoms with Crippen LogP contribution in [-0.4, -0.2) is 30.3 Å². The fraction of sp³-hybridized carbons (Fsp3) is 0.500. The van der Waals surface area contributed by atoms with Gasteiger partial charge in [-0.3, -0.25) is 9.69 Å².